The minimum Gasteiger partial charge on any atom is -0.481 e. The van der Waals surface area contributed by atoms with E-state index in [9.17, 15) is 9.18 Å². The number of nitrogens with one attached hydrogen (secondary N) is 1. The van der Waals surface area contributed by atoms with Gasteiger partial charge in [-0.15, -0.1) is 0 Å². The van der Waals surface area contributed by atoms with Gasteiger partial charge in [0.1, 0.15) is 17.7 Å². The van der Waals surface area contributed by atoms with Crippen molar-refractivity contribution >= 4 is 17.0 Å². The van der Waals surface area contributed by atoms with Gasteiger partial charge in [0.15, 0.2) is 0 Å². The molecule has 8 heteroatoms. The number of carboxylic acid groups (broad SMARTS) is 1. The molecular formula is C23H19FN4O3. The van der Waals surface area contributed by atoms with Crippen LogP contribution < -0.4 is 4.74 Å². The Hall–Kier alpha value is -3.81. The molecular weight excluding hydrogens is 399 g/mol. The van der Waals surface area contributed by atoms with E-state index in [2.05, 4.69) is 19.9 Å². The first-order chi connectivity index (χ1) is 15.0. The molecule has 4 aromatic rings. The number of aliphatic carboxylic acids is 1. The molecule has 1 aliphatic carbocycles. The second-order valence-electron chi connectivity index (χ2n) is 7.73. The van der Waals surface area contributed by atoms with E-state index in [-0.39, 0.29) is 24.5 Å². The first kappa shape index (κ1) is 19.2. The van der Waals surface area contributed by atoms with Gasteiger partial charge in [0, 0.05) is 24.4 Å². The van der Waals surface area contributed by atoms with Crippen molar-refractivity contribution in [2.45, 2.75) is 25.4 Å². The van der Waals surface area contributed by atoms with Crippen LogP contribution in [-0.2, 0) is 4.79 Å². The minimum atomic E-state index is -0.789. The third kappa shape index (κ3) is 3.96. The lowest BCUT2D eigenvalue weighted by Crippen LogP contribution is -2.35. The predicted octanol–water partition coefficient (Wildman–Crippen LogP) is 4.46. The molecule has 0 atom stereocenters. The molecule has 0 bridgehead atoms. The van der Waals surface area contributed by atoms with Gasteiger partial charge in [-0.2, -0.15) is 0 Å². The van der Waals surface area contributed by atoms with Crippen molar-refractivity contribution in [1.29, 1.82) is 0 Å². The van der Waals surface area contributed by atoms with Crippen LogP contribution in [0.5, 0.6) is 6.01 Å². The zero-order valence-electron chi connectivity index (χ0n) is 16.5. The Morgan fingerprint density at radius 1 is 1.13 bits per heavy atom. The average molecular weight is 418 g/mol. The number of benzene rings is 2. The summed E-state index contributed by atoms with van der Waals surface area (Å²) in [6.45, 7) is 0. The van der Waals surface area contributed by atoms with E-state index >= 15 is 0 Å². The smallest absolute Gasteiger partial charge is 0.316 e. The van der Waals surface area contributed by atoms with Crippen LogP contribution in [0.1, 0.15) is 19.3 Å². The van der Waals surface area contributed by atoms with Gasteiger partial charge in [-0.3, -0.25) is 4.79 Å². The molecule has 2 N–H and O–H groups in total. The fourth-order valence-electron chi connectivity index (χ4n) is 3.83. The van der Waals surface area contributed by atoms with Crippen LogP contribution in [0.2, 0.25) is 0 Å². The average Bonchev–Trinajstić information content (AvgIpc) is 3.16. The number of para-hydroxylation sites is 2. The van der Waals surface area contributed by atoms with E-state index in [1.165, 1.54) is 6.07 Å². The third-order valence-corrected chi connectivity index (χ3v) is 5.50. The first-order valence-electron chi connectivity index (χ1n) is 10.0. The number of halogens is 1. The highest BCUT2D eigenvalue weighted by atomic mass is 19.1. The van der Waals surface area contributed by atoms with E-state index in [4.69, 9.17) is 9.84 Å². The molecule has 0 unspecified atom stereocenters. The van der Waals surface area contributed by atoms with Crippen molar-refractivity contribution < 1.29 is 19.0 Å². The number of carbonyl (C=O) groups is 1. The van der Waals surface area contributed by atoms with Crippen LogP contribution in [0, 0.1) is 11.7 Å². The summed E-state index contributed by atoms with van der Waals surface area (Å²) in [4.78, 5) is 26.7. The second kappa shape index (κ2) is 7.79. The normalized spacial score (nSPS) is 18.0. The van der Waals surface area contributed by atoms with E-state index in [0.717, 1.165) is 11.0 Å². The van der Waals surface area contributed by atoms with Crippen LogP contribution in [0.3, 0.4) is 0 Å². The maximum Gasteiger partial charge on any atom is 0.316 e. The highest BCUT2D eigenvalue weighted by Gasteiger charge is 2.32. The van der Waals surface area contributed by atoms with Crippen LogP contribution >= 0.6 is 0 Å². The lowest BCUT2D eigenvalue weighted by atomic mass is 9.80. The van der Waals surface area contributed by atoms with Crippen LogP contribution in [0.4, 0.5) is 4.39 Å². The van der Waals surface area contributed by atoms with E-state index in [1.807, 2.05) is 24.3 Å². The van der Waals surface area contributed by atoms with Gasteiger partial charge in [0.2, 0.25) is 0 Å². The number of hydrogen-bond acceptors (Lipinski definition) is 5. The zero-order valence-corrected chi connectivity index (χ0v) is 16.5. The lowest BCUT2D eigenvalue weighted by Gasteiger charge is -2.33. The largest absolute Gasteiger partial charge is 0.481 e. The van der Waals surface area contributed by atoms with Crippen molar-refractivity contribution in [2.75, 3.05) is 0 Å². The number of fused-ring (bicyclic) bond motifs is 1. The number of hydrogen-bond donors (Lipinski definition) is 2. The molecule has 7 nitrogen and oxygen atoms in total. The van der Waals surface area contributed by atoms with Gasteiger partial charge < -0.3 is 14.8 Å². The number of H-pyrrole nitrogens is 1. The fraction of sp³-hybridized carbons (Fsp3) is 0.217. The second-order valence-corrected chi connectivity index (χ2v) is 7.73. The molecule has 0 aliphatic heterocycles. The summed E-state index contributed by atoms with van der Waals surface area (Å²) < 4.78 is 20.5. The number of rotatable bonds is 6. The Bertz CT molecular complexity index is 1220. The molecule has 0 spiro atoms. The Labute approximate surface area is 177 Å². The van der Waals surface area contributed by atoms with Crippen molar-refractivity contribution in [2.24, 2.45) is 5.92 Å². The van der Waals surface area contributed by atoms with E-state index in [0.29, 0.717) is 35.4 Å². The number of aromatic nitrogens is 4. The van der Waals surface area contributed by atoms with E-state index in [1.54, 1.807) is 24.5 Å². The lowest BCUT2D eigenvalue weighted by molar-refractivity contribution is -0.139. The first-order valence-corrected chi connectivity index (χ1v) is 10.0. The number of carboxylic acids is 1. The van der Waals surface area contributed by atoms with Crippen LogP contribution in [0.25, 0.3) is 33.5 Å². The van der Waals surface area contributed by atoms with Crippen molar-refractivity contribution in [3.05, 3.63) is 60.7 Å². The summed E-state index contributed by atoms with van der Waals surface area (Å²) in [7, 11) is 0. The molecule has 0 amide bonds. The van der Waals surface area contributed by atoms with Gasteiger partial charge in [-0.05, 0) is 48.6 Å². The number of nitrogens with zero attached hydrogens (tertiary/aromatic N) is 3. The van der Waals surface area contributed by atoms with Crippen LogP contribution in [-0.4, -0.2) is 37.1 Å². The quantitative estimate of drug-likeness (QED) is 0.480. The maximum atomic E-state index is 14.8. The molecule has 2 aromatic heterocycles. The molecule has 0 radical (unpaired) electrons. The Morgan fingerprint density at radius 3 is 2.61 bits per heavy atom. The van der Waals surface area contributed by atoms with Gasteiger partial charge in [-0.25, -0.2) is 19.3 Å². The summed E-state index contributed by atoms with van der Waals surface area (Å²) >= 11 is 0. The Balaban J connectivity index is 1.28. The fourth-order valence-corrected chi connectivity index (χ4v) is 3.83. The van der Waals surface area contributed by atoms with Gasteiger partial charge in [0.25, 0.3) is 0 Å². The third-order valence-electron chi connectivity index (χ3n) is 5.50. The van der Waals surface area contributed by atoms with Gasteiger partial charge in [0.05, 0.1) is 16.6 Å². The molecule has 156 valence electrons. The Kier molecular flexibility index (Phi) is 4.82. The number of aromatic amines is 1. The molecule has 1 fully saturated rings. The van der Waals surface area contributed by atoms with Crippen LogP contribution in [0.15, 0.2) is 54.9 Å². The SMILES string of the molecule is O=C(O)C[C@H]1C[C@@H](Oc2ncc(-c3ccc(-c4nc5ccccc5[nH]4)c(F)c3)cn2)C1. The van der Waals surface area contributed by atoms with Gasteiger partial charge in [-0.1, -0.05) is 18.2 Å². The summed E-state index contributed by atoms with van der Waals surface area (Å²) in [5.74, 6) is -0.555. The summed E-state index contributed by atoms with van der Waals surface area (Å²) in [5, 5.41) is 8.80. The van der Waals surface area contributed by atoms with Crippen molar-refractivity contribution in [3.63, 3.8) is 0 Å². The standard InChI is InChI=1S/C23H19FN4O3/c24-18-10-14(5-6-17(18)22-27-19-3-1-2-4-20(19)28-22)15-11-25-23(26-12-15)31-16-7-13(8-16)9-21(29)30/h1-6,10-13,16H,7-9H2,(H,27,28)(H,29,30)/t13-,16+. The van der Waals surface area contributed by atoms with Crippen molar-refractivity contribution in [3.8, 4) is 28.5 Å². The molecule has 31 heavy (non-hydrogen) atoms. The van der Waals surface area contributed by atoms with Crippen molar-refractivity contribution in [1.82, 2.24) is 19.9 Å². The van der Waals surface area contributed by atoms with E-state index < -0.39 is 11.8 Å². The zero-order chi connectivity index (χ0) is 21.4. The highest BCUT2D eigenvalue weighted by Crippen LogP contribution is 2.33. The van der Waals surface area contributed by atoms with Gasteiger partial charge >= 0.3 is 12.0 Å². The number of ether oxygens (including phenoxy) is 1. The topological polar surface area (TPSA) is 101 Å². The monoisotopic (exact) mass is 418 g/mol. The summed E-state index contributed by atoms with van der Waals surface area (Å²) in [6, 6.07) is 12.7. The predicted molar refractivity (Wildman–Crippen MR) is 112 cm³/mol. The Morgan fingerprint density at radius 2 is 1.90 bits per heavy atom. The highest BCUT2D eigenvalue weighted by molar-refractivity contribution is 5.80. The molecule has 1 aliphatic rings. The molecule has 0 saturated heterocycles. The molecule has 2 heterocycles. The number of imidazole rings is 1. The molecule has 1 saturated carbocycles. The summed E-state index contributed by atoms with van der Waals surface area (Å²) in [6.07, 6.45) is 4.65. The molecule has 2 aromatic carbocycles. The summed E-state index contributed by atoms with van der Waals surface area (Å²) in [5.41, 5.74) is 3.34. The minimum absolute atomic E-state index is 0.0595. The maximum absolute atomic E-state index is 14.8. The molecule has 5 rings (SSSR count).